The van der Waals surface area contributed by atoms with Crippen LogP contribution in [-0.2, 0) is 9.59 Å². The molecule has 0 radical (unpaired) electrons. The van der Waals surface area contributed by atoms with Gasteiger partial charge in [-0.15, -0.1) is 0 Å². The first-order chi connectivity index (χ1) is 3.66. The number of carbonyl (C=O) groups is 1. The number of primary amides is 1. The quantitative estimate of drug-likeness (QED) is 0.497. The maximum atomic E-state index is 9.99. The third-order valence-electron chi connectivity index (χ3n) is 0.614. The molecule has 0 saturated carbocycles. The zero-order valence-corrected chi connectivity index (χ0v) is 4.60. The molecule has 0 unspecified atom stereocenters. The number of carbonyl (C=O) groups excluding carboxylic acids is 2. The van der Waals surface area contributed by atoms with Crippen molar-refractivity contribution < 1.29 is 9.59 Å². The van der Waals surface area contributed by atoms with Crippen LogP contribution in [-0.4, -0.2) is 11.8 Å². The highest BCUT2D eigenvalue weighted by Crippen LogP contribution is 1.89. The Morgan fingerprint density at radius 2 is 2.25 bits per heavy atom. The van der Waals surface area contributed by atoms with Gasteiger partial charge < -0.3 is 5.73 Å². The molecule has 0 rings (SSSR count). The number of hydrogen-bond acceptors (Lipinski definition) is 2. The van der Waals surface area contributed by atoms with Crippen LogP contribution in [0.2, 0.25) is 0 Å². The van der Waals surface area contributed by atoms with E-state index in [4.69, 9.17) is 5.73 Å². The summed E-state index contributed by atoms with van der Waals surface area (Å²) in [4.78, 5) is 19.7. The van der Waals surface area contributed by atoms with Crippen molar-refractivity contribution in [3.8, 4) is 0 Å². The molecule has 2 N–H and O–H groups in total. The third-order valence-corrected chi connectivity index (χ3v) is 0.614. The summed E-state index contributed by atoms with van der Waals surface area (Å²) in [5, 5.41) is 0. The van der Waals surface area contributed by atoms with E-state index in [1.165, 1.54) is 6.92 Å². The molecular weight excluding hydrogens is 106 g/mol. The second-order valence-electron chi connectivity index (χ2n) is 1.53. The maximum Gasteiger partial charge on any atom is 0.222 e. The minimum absolute atomic E-state index is 0.0174. The molecule has 0 aliphatic rings. The van der Waals surface area contributed by atoms with E-state index in [1.54, 1.807) is 5.94 Å². The molecule has 0 aliphatic heterocycles. The molecule has 1 amide bonds. The summed E-state index contributed by atoms with van der Waals surface area (Å²) in [7, 11) is 0. The molecular formula is C5H7NO2. The number of amides is 1. The summed E-state index contributed by atoms with van der Waals surface area (Å²) < 4.78 is 0. The largest absolute Gasteiger partial charge is 0.369 e. The Hall–Kier alpha value is -1.08. The molecule has 0 aromatic heterocycles. The van der Waals surface area contributed by atoms with Crippen LogP contribution in [0.5, 0.6) is 0 Å². The van der Waals surface area contributed by atoms with Crippen molar-refractivity contribution >= 4 is 11.8 Å². The molecule has 0 bridgehead atoms. The van der Waals surface area contributed by atoms with E-state index in [1.807, 2.05) is 0 Å². The highest BCUT2D eigenvalue weighted by Gasteiger charge is 1.94. The second kappa shape index (κ2) is 2.99. The van der Waals surface area contributed by atoms with Crippen molar-refractivity contribution in [2.75, 3.05) is 0 Å². The molecule has 3 heteroatoms. The molecule has 0 aromatic carbocycles. The lowest BCUT2D eigenvalue weighted by atomic mass is 10.2. The summed E-state index contributed by atoms with van der Waals surface area (Å²) in [5.74, 6) is 1.07. The van der Waals surface area contributed by atoms with Gasteiger partial charge in [-0.05, 0) is 6.92 Å². The fourth-order valence-electron chi connectivity index (χ4n) is 0.297. The van der Waals surface area contributed by atoms with Gasteiger partial charge in [0, 0.05) is 5.57 Å². The zero-order valence-electron chi connectivity index (χ0n) is 4.60. The topological polar surface area (TPSA) is 60.2 Å². The van der Waals surface area contributed by atoms with Gasteiger partial charge >= 0.3 is 0 Å². The van der Waals surface area contributed by atoms with E-state index in [9.17, 15) is 9.59 Å². The van der Waals surface area contributed by atoms with Crippen LogP contribution in [0.25, 0.3) is 0 Å². The standard InChI is InChI=1S/C5H7NO2/c1-4(3-7)2-5(6)8/h2H2,1H3,(H2,6,8). The Kier molecular flexibility index (Phi) is 2.59. The van der Waals surface area contributed by atoms with Gasteiger partial charge in [-0.3, -0.25) is 4.79 Å². The molecule has 0 aromatic rings. The Labute approximate surface area is 47.2 Å². The van der Waals surface area contributed by atoms with E-state index in [-0.39, 0.29) is 6.42 Å². The van der Waals surface area contributed by atoms with E-state index in [0.717, 1.165) is 0 Å². The second-order valence-corrected chi connectivity index (χ2v) is 1.53. The minimum Gasteiger partial charge on any atom is -0.369 e. The van der Waals surface area contributed by atoms with Crippen molar-refractivity contribution in [1.82, 2.24) is 0 Å². The predicted octanol–water partition coefficient (Wildman–Crippen LogP) is -0.360. The van der Waals surface area contributed by atoms with Gasteiger partial charge in [0.05, 0.1) is 6.42 Å². The lowest BCUT2D eigenvalue weighted by molar-refractivity contribution is -0.117. The Morgan fingerprint density at radius 1 is 1.75 bits per heavy atom. The van der Waals surface area contributed by atoms with Crippen molar-refractivity contribution in [3.63, 3.8) is 0 Å². The molecule has 3 nitrogen and oxygen atoms in total. The van der Waals surface area contributed by atoms with Crippen LogP contribution >= 0.6 is 0 Å². The number of nitrogens with two attached hydrogens (primary N) is 1. The van der Waals surface area contributed by atoms with Gasteiger partial charge in [-0.1, -0.05) is 0 Å². The summed E-state index contributed by atoms with van der Waals surface area (Å²) in [5.41, 5.74) is 5.08. The summed E-state index contributed by atoms with van der Waals surface area (Å²) >= 11 is 0. The molecule has 0 aliphatic carbocycles. The predicted molar refractivity (Wildman–Crippen MR) is 28.7 cm³/mol. The van der Waals surface area contributed by atoms with Crippen LogP contribution in [0.1, 0.15) is 13.3 Å². The first kappa shape index (κ1) is 6.92. The molecule has 8 heavy (non-hydrogen) atoms. The third kappa shape index (κ3) is 3.12. The fraction of sp³-hybridized carbons (Fsp3) is 0.400. The average molecular weight is 113 g/mol. The molecule has 0 spiro atoms. The first-order valence-corrected chi connectivity index (χ1v) is 2.15. The van der Waals surface area contributed by atoms with Gasteiger partial charge in [-0.25, -0.2) is 4.79 Å². The maximum absolute atomic E-state index is 9.99. The van der Waals surface area contributed by atoms with E-state index in [0.29, 0.717) is 5.57 Å². The van der Waals surface area contributed by atoms with E-state index in [2.05, 4.69) is 0 Å². The lowest BCUT2D eigenvalue weighted by Crippen LogP contribution is -2.10. The Morgan fingerprint density at radius 3 is 2.38 bits per heavy atom. The molecule has 0 saturated heterocycles. The van der Waals surface area contributed by atoms with Gasteiger partial charge in [0.2, 0.25) is 5.91 Å². The van der Waals surface area contributed by atoms with Crippen LogP contribution in [0.15, 0.2) is 5.57 Å². The summed E-state index contributed by atoms with van der Waals surface area (Å²) in [6.07, 6.45) is 0.0174. The normalized spacial score (nSPS) is 7.62. The molecule has 44 valence electrons. The molecule has 0 atom stereocenters. The fourth-order valence-corrected chi connectivity index (χ4v) is 0.297. The van der Waals surface area contributed by atoms with E-state index < -0.39 is 5.91 Å². The van der Waals surface area contributed by atoms with Gasteiger partial charge in [-0.2, -0.15) is 0 Å². The van der Waals surface area contributed by atoms with E-state index >= 15 is 0 Å². The highest BCUT2D eigenvalue weighted by atomic mass is 16.1. The highest BCUT2D eigenvalue weighted by molar-refractivity contribution is 5.79. The van der Waals surface area contributed by atoms with Crippen molar-refractivity contribution in [2.24, 2.45) is 5.73 Å². The van der Waals surface area contributed by atoms with Crippen LogP contribution in [0.4, 0.5) is 0 Å². The Balaban J connectivity index is 3.74. The van der Waals surface area contributed by atoms with Crippen molar-refractivity contribution in [1.29, 1.82) is 0 Å². The number of hydrogen-bond donors (Lipinski definition) is 1. The SMILES string of the molecule is CC(=C=O)CC(N)=O. The number of rotatable bonds is 2. The molecule has 0 fully saturated rings. The van der Waals surface area contributed by atoms with Crippen LogP contribution in [0, 0.1) is 0 Å². The minimum atomic E-state index is -0.495. The first-order valence-electron chi connectivity index (χ1n) is 2.15. The van der Waals surface area contributed by atoms with Crippen LogP contribution in [0.3, 0.4) is 0 Å². The van der Waals surface area contributed by atoms with Crippen molar-refractivity contribution in [3.05, 3.63) is 5.57 Å². The molecule has 0 heterocycles. The summed E-state index contributed by atoms with van der Waals surface area (Å²) in [6, 6.07) is 0. The van der Waals surface area contributed by atoms with Gasteiger partial charge in [0.15, 0.2) is 0 Å². The smallest absolute Gasteiger partial charge is 0.222 e. The zero-order chi connectivity index (χ0) is 6.57. The lowest BCUT2D eigenvalue weighted by Gasteiger charge is -1.85. The van der Waals surface area contributed by atoms with Gasteiger partial charge in [0.25, 0.3) is 0 Å². The van der Waals surface area contributed by atoms with Crippen molar-refractivity contribution in [2.45, 2.75) is 13.3 Å². The monoisotopic (exact) mass is 113 g/mol. The average Bonchev–Trinajstić information content (AvgIpc) is 1.65. The van der Waals surface area contributed by atoms with Gasteiger partial charge in [0.1, 0.15) is 5.94 Å². The Bertz CT molecular complexity index is 145. The van der Waals surface area contributed by atoms with Crippen LogP contribution < -0.4 is 5.73 Å². The summed E-state index contributed by atoms with van der Waals surface area (Å²) in [6.45, 7) is 1.51.